The summed E-state index contributed by atoms with van der Waals surface area (Å²) in [5.74, 6) is 0. The predicted octanol–water partition coefficient (Wildman–Crippen LogP) is 2.94. The molecule has 0 saturated heterocycles. The van der Waals surface area contributed by atoms with Gasteiger partial charge >= 0.3 is 0 Å². The van der Waals surface area contributed by atoms with Crippen LogP contribution in [0.1, 0.15) is 36.9 Å². The van der Waals surface area contributed by atoms with Crippen LogP contribution < -0.4 is 5.32 Å². The van der Waals surface area contributed by atoms with Crippen molar-refractivity contribution < 1.29 is 0 Å². The smallest absolute Gasteiger partial charge is 0.0560 e. The summed E-state index contributed by atoms with van der Waals surface area (Å²) in [5, 5.41) is 8.02. The van der Waals surface area contributed by atoms with Crippen molar-refractivity contribution in [3.05, 3.63) is 53.9 Å². The average Bonchev–Trinajstić information content (AvgIpc) is 2.92. The second-order valence-electron chi connectivity index (χ2n) is 5.44. The average molecular weight is 255 g/mol. The Hall–Kier alpha value is -1.61. The third-order valence-corrected chi connectivity index (χ3v) is 3.88. The number of hydrogen-bond donors (Lipinski definition) is 1. The lowest BCUT2D eigenvalue weighted by molar-refractivity contribution is 0.370. The van der Waals surface area contributed by atoms with E-state index < -0.39 is 0 Å². The molecule has 1 aliphatic carbocycles. The van der Waals surface area contributed by atoms with Crippen LogP contribution in [0.2, 0.25) is 0 Å². The first-order valence-corrected chi connectivity index (χ1v) is 7.14. The quantitative estimate of drug-likeness (QED) is 0.910. The normalized spacial score (nSPS) is 19.9. The molecule has 0 fully saturated rings. The maximum Gasteiger partial charge on any atom is 0.0560 e. The van der Waals surface area contributed by atoms with Crippen LogP contribution in [-0.2, 0) is 13.0 Å². The van der Waals surface area contributed by atoms with E-state index in [-0.39, 0.29) is 0 Å². The first-order valence-electron chi connectivity index (χ1n) is 7.14. The highest BCUT2D eigenvalue weighted by Gasteiger charge is 2.20. The van der Waals surface area contributed by atoms with Gasteiger partial charge in [-0.15, -0.1) is 0 Å². The van der Waals surface area contributed by atoms with E-state index in [0.717, 1.165) is 6.54 Å². The zero-order valence-electron chi connectivity index (χ0n) is 11.4. The number of aryl methyl sites for hydroxylation is 1. The maximum atomic E-state index is 4.27. The van der Waals surface area contributed by atoms with Crippen molar-refractivity contribution >= 4 is 0 Å². The van der Waals surface area contributed by atoms with E-state index in [4.69, 9.17) is 0 Å². The molecule has 0 saturated carbocycles. The number of benzene rings is 1. The summed E-state index contributed by atoms with van der Waals surface area (Å²) in [7, 11) is 0. The van der Waals surface area contributed by atoms with Gasteiger partial charge in [-0.2, -0.15) is 5.10 Å². The van der Waals surface area contributed by atoms with Gasteiger partial charge in [0.25, 0.3) is 0 Å². The Morgan fingerprint density at radius 3 is 3.11 bits per heavy atom. The van der Waals surface area contributed by atoms with Crippen LogP contribution in [0, 0.1) is 0 Å². The number of hydrogen-bond acceptors (Lipinski definition) is 2. The summed E-state index contributed by atoms with van der Waals surface area (Å²) in [6.07, 6.45) is 7.60. The summed E-state index contributed by atoms with van der Waals surface area (Å²) >= 11 is 0. The molecule has 0 amide bonds. The molecule has 19 heavy (non-hydrogen) atoms. The van der Waals surface area contributed by atoms with Gasteiger partial charge in [0.1, 0.15) is 0 Å². The third kappa shape index (κ3) is 2.87. The summed E-state index contributed by atoms with van der Waals surface area (Å²) in [5.41, 5.74) is 3.00. The van der Waals surface area contributed by atoms with E-state index in [9.17, 15) is 0 Å². The number of aromatic nitrogens is 2. The molecule has 3 rings (SSSR count). The lowest BCUT2D eigenvalue weighted by Crippen LogP contribution is -2.35. The van der Waals surface area contributed by atoms with Crippen LogP contribution in [0.4, 0.5) is 0 Å². The second kappa shape index (κ2) is 5.57. The van der Waals surface area contributed by atoms with Gasteiger partial charge in [-0.25, -0.2) is 0 Å². The molecule has 1 N–H and O–H groups in total. The van der Waals surface area contributed by atoms with Crippen molar-refractivity contribution in [2.45, 2.75) is 44.8 Å². The van der Waals surface area contributed by atoms with Crippen molar-refractivity contribution in [3.63, 3.8) is 0 Å². The molecule has 0 aliphatic heterocycles. The largest absolute Gasteiger partial charge is 0.306 e. The van der Waals surface area contributed by atoms with Gasteiger partial charge in [0, 0.05) is 24.5 Å². The zero-order valence-corrected chi connectivity index (χ0v) is 11.4. The van der Waals surface area contributed by atoms with Crippen LogP contribution in [0.25, 0.3) is 0 Å². The van der Waals surface area contributed by atoms with Crippen LogP contribution in [0.3, 0.4) is 0 Å². The van der Waals surface area contributed by atoms with Crippen molar-refractivity contribution in [2.75, 3.05) is 0 Å². The Morgan fingerprint density at radius 2 is 2.26 bits per heavy atom. The lowest BCUT2D eigenvalue weighted by Gasteiger charge is -2.29. The molecule has 2 atom stereocenters. The fourth-order valence-electron chi connectivity index (χ4n) is 3.01. The highest BCUT2D eigenvalue weighted by atomic mass is 15.3. The molecule has 3 nitrogen and oxygen atoms in total. The lowest BCUT2D eigenvalue weighted by atomic mass is 9.87. The Morgan fingerprint density at radius 1 is 1.37 bits per heavy atom. The van der Waals surface area contributed by atoms with Crippen molar-refractivity contribution in [1.82, 2.24) is 15.1 Å². The molecule has 0 radical (unpaired) electrons. The van der Waals surface area contributed by atoms with Gasteiger partial charge in [-0.05, 0) is 43.4 Å². The highest BCUT2D eigenvalue weighted by molar-refractivity contribution is 5.32. The van der Waals surface area contributed by atoms with E-state index in [1.54, 1.807) is 0 Å². The maximum absolute atomic E-state index is 4.27. The summed E-state index contributed by atoms with van der Waals surface area (Å²) in [6.45, 7) is 3.16. The third-order valence-electron chi connectivity index (χ3n) is 3.88. The highest BCUT2D eigenvalue weighted by Crippen LogP contribution is 2.29. The molecular formula is C16H21N3. The minimum absolute atomic E-state index is 0.427. The predicted molar refractivity (Wildman–Crippen MR) is 76.9 cm³/mol. The van der Waals surface area contributed by atoms with Crippen LogP contribution >= 0.6 is 0 Å². The van der Waals surface area contributed by atoms with Gasteiger partial charge in [-0.1, -0.05) is 24.3 Å². The van der Waals surface area contributed by atoms with E-state index in [2.05, 4.69) is 41.6 Å². The Bertz CT molecular complexity index is 519. The Kier molecular flexibility index (Phi) is 3.65. The molecular weight excluding hydrogens is 234 g/mol. The number of nitrogens with zero attached hydrogens (tertiary/aromatic N) is 2. The van der Waals surface area contributed by atoms with Gasteiger partial charge in [-0.3, -0.25) is 4.68 Å². The molecule has 1 heterocycles. The minimum Gasteiger partial charge on any atom is -0.306 e. The van der Waals surface area contributed by atoms with Crippen molar-refractivity contribution in [2.24, 2.45) is 0 Å². The molecule has 0 bridgehead atoms. The molecule has 1 aromatic carbocycles. The number of nitrogens with one attached hydrogen (secondary N) is 1. The minimum atomic E-state index is 0.427. The first kappa shape index (κ1) is 12.4. The fraction of sp³-hybridized carbons (Fsp3) is 0.438. The second-order valence-corrected chi connectivity index (χ2v) is 5.44. The topological polar surface area (TPSA) is 29.9 Å². The first-order chi connectivity index (χ1) is 9.33. The monoisotopic (exact) mass is 255 g/mol. The van der Waals surface area contributed by atoms with E-state index in [0.29, 0.717) is 12.1 Å². The van der Waals surface area contributed by atoms with Gasteiger partial charge in [0.05, 0.1) is 6.54 Å². The van der Waals surface area contributed by atoms with Crippen LogP contribution in [0.15, 0.2) is 42.7 Å². The van der Waals surface area contributed by atoms with Crippen molar-refractivity contribution in [3.8, 4) is 0 Å². The van der Waals surface area contributed by atoms with E-state index >= 15 is 0 Å². The molecule has 1 aromatic heterocycles. The zero-order chi connectivity index (χ0) is 13.1. The summed E-state index contributed by atoms with van der Waals surface area (Å²) in [6, 6.07) is 11.7. The van der Waals surface area contributed by atoms with Gasteiger partial charge in [0.15, 0.2) is 0 Å². The number of rotatable bonds is 4. The molecule has 1 aliphatic rings. The van der Waals surface area contributed by atoms with E-state index in [1.165, 1.54) is 30.4 Å². The molecule has 2 unspecified atom stereocenters. The molecule has 3 heteroatoms. The molecule has 2 aromatic rings. The molecule has 0 spiro atoms. The Balaban J connectivity index is 1.67. The van der Waals surface area contributed by atoms with E-state index in [1.807, 2.05) is 23.1 Å². The van der Waals surface area contributed by atoms with Crippen LogP contribution in [0.5, 0.6) is 0 Å². The Labute approximate surface area is 114 Å². The van der Waals surface area contributed by atoms with Gasteiger partial charge in [0.2, 0.25) is 0 Å². The van der Waals surface area contributed by atoms with Crippen LogP contribution in [-0.4, -0.2) is 15.8 Å². The molecule has 100 valence electrons. The fourth-order valence-corrected chi connectivity index (χ4v) is 3.01. The summed E-state index contributed by atoms with van der Waals surface area (Å²) < 4.78 is 1.99. The SMILES string of the molecule is CC(Cn1cccn1)NC1CCCc2ccccc21. The number of fused-ring (bicyclic) bond motifs is 1. The van der Waals surface area contributed by atoms with Crippen molar-refractivity contribution in [1.29, 1.82) is 0 Å². The standard InChI is InChI=1S/C16H21N3/c1-13(12-19-11-5-10-17-19)18-16-9-4-7-14-6-2-3-8-15(14)16/h2-3,5-6,8,10-11,13,16,18H,4,7,9,12H2,1H3. The summed E-state index contributed by atoms with van der Waals surface area (Å²) in [4.78, 5) is 0. The van der Waals surface area contributed by atoms with Gasteiger partial charge < -0.3 is 5.32 Å².